The SMILES string of the molecule is O=C(Nc1ccc(F)cc1)c1cccc(NCC(O)CCl)c1. The maximum Gasteiger partial charge on any atom is 0.255 e. The molecule has 0 heterocycles. The smallest absolute Gasteiger partial charge is 0.255 e. The summed E-state index contributed by atoms with van der Waals surface area (Å²) in [7, 11) is 0. The van der Waals surface area contributed by atoms with E-state index in [1.54, 1.807) is 24.3 Å². The Kier molecular flexibility index (Phi) is 5.75. The van der Waals surface area contributed by atoms with Gasteiger partial charge >= 0.3 is 0 Å². The maximum absolute atomic E-state index is 12.8. The molecule has 2 aromatic carbocycles. The summed E-state index contributed by atoms with van der Waals surface area (Å²) in [6.07, 6.45) is -0.654. The number of alkyl halides is 1. The van der Waals surface area contributed by atoms with Crippen molar-refractivity contribution in [2.75, 3.05) is 23.1 Å². The lowest BCUT2D eigenvalue weighted by molar-refractivity contribution is 0.102. The predicted molar refractivity (Wildman–Crippen MR) is 86.0 cm³/mol. The Balaban J connectivity index is 2.02. The number of nitrogens with one attached hydrogen (secondary N) is 2. The number of carbonyl (C=O) groups is 1. The number of anilines is 2. The van der Waals surface area contributed by atoms with Crippen LogP contribution in [0.2, 0.25) is 0 Å². The number of benzene rings is 2. The molecule has 4 nitrogen and oxygen atoms in total. The highest BCUT2D eigenvalue weighted by Gasteiger charge is 2.08. The molecular weight excluding hydrogens is 307 g/mol. The molecule has 0 saturated heterocycles. The van der Waals surface area contributed by atoms with Gasteiger partial charge in [-0.1, -0.05) is 6.07 Å². The molecule has 0 fully saturated rings. The second-order valence-corrected chi connectivity index (χ2v) is 5.04. The fraction of sp³-hybridized carbons (Fsp3) is 0.188. The molecule has 0 aliphatic carbocycles. The average molecular weight is 323 g/mol. The molecule has 22 heavy (non-hydrogen) atoms. The highest BCUT2D eigenvalue weighted by atomic mass is 35.5. The molecule has 0 saturated carbocycles. The second kappa shape index (κ2) is 7.77. The Bertz CT molecular complexity index is 634. The summed E-state index contributed by atoms with van der Waals surface area (Å²) in [6.45, 7) is 0.298. The summed E-state index contributed by atoms with van der Waals surface area (Å²) in [4.78, 5) is 12.1. The van der Waals surface area contributed by atoms with Gasteiger partial charge in [0.15, 0.2) is 0 Å². The summed E-state index contributed by atoms with van der Waals surface area (Å²) < 4.78 is 12.8. The molecule has 1 amide bonds. The highest BCUT2D eigenvalue weighted by Crippen LogP contribution is 2.14. The standard InChI is InChI=1S/C16H16ClFN2O2/c17-9-15(21)10-19-14-3-1-2-11(8-14)16(22)20-13-6-4-12(18)5-7-13/h1-8,15,19,21H,9-10H2,(H,20,22). The Hall–Kier alpha value is -2.11. The molecule has 0 radical (unpaired) electrons. The number of aliphatic hydroxyl groups is 1. The third kappa shape index (κ3) is 4.72. The van der Waals surface area contributed by atoms with E-state index >= 15 is 0 Å². The van der Waals surface area contributed by atoms with Crippen molar-refractivity contribution in [2.45, 2.75) is 6.10 Å². The minimum Gasteiger partial charge on any atom is -0.390 e. The van der Waals surface area contributed by atoms with Crippen molar-refractivity contribution in [3.63, 3.8) is 0 Å². The molecular formula is C16H16ClFN2O2. The lowest BCUT2D eigenvalue weighted by atomic mass is 10.1. The van der Waals surface area contributed by atoms with Gasteiger partial charge in [0.05, 0.1) is 12.0 Å². The summed E-state index contributed by atoms with van der Waals surface area (Å²) in [5.74, 6) is -0.521. The molecule has 0 spiro atoms. The first-order valence-electron chi connectivity index (χ1n) is 6.73. The van der Waals surface area contributed by atoms with Crippen LogP contribution in [0, 0.1) is 5.82 Å². The van der Waals surface area contributed by atoms with E-state index in [-0.39, 0.29) is 17.6 Å². The molecule has 2 rings (SSSR count). The van der Waals surface area contributed by atoms with E-state index in [1.165, 1.54) is 24.3 Å². The number of amides is 1. The van der Waals surface area contributed by atoms with Crippen molar-refractivity contribution in [3.05, 3.63) is 59.9 Å². The summed E-state index contributed by atoms with van der Waals surface area (Å²) in [5.41, 5.74) is 1.67. The lowest BCUT2D eigenvalue weighted by Gasteiger charge is -2.11. The first-order chi connectivity index (χ1) is 10.6. The molecule has 1 atom stereocenters. The maximum atomic E-state index is 12.8. The number of rotatable bonds is 6. The van der Waals surface area contributed by atoms with Gasteiger partial charge < -0.3 is 15.7 Å². The Morgan fingerprint density at radius 1 is 1.18 bits per heavy atom. The van der Waals surface area contributed by atoms with Gasteiger partial charge in [-0.25, -0.2) is 4.39 Å². The van der Waals surface area contributed by atoms with Crippen molar-refractivity contribution in [3.8, 4) is 0 Å². The van der Waals surface area contributed by atoms with Crippen LogP contribution in [0.3, 0.4) is 0 Å². The van der Waals surface area contributed by atoms with Gasteiger partial charge in [-0.3, -0.25) is 4.79 Å². The molecule has 0 aliphatic rings. The first kappa shape index (κ1) is 16.3. The van der Waals surface area contributed by atoms with Crippen LogP contribution in [-0.4, -0.2) is 29.5 Å². The van der Waals surface area contributed by atoms with Crippen LogP contribution >= 0.6 is 11.6 Å². The zero-order valence-electron chi connectivity index (χ0n) is 11.7. The van der Waals surface area contributed by atoms with Crippen LogP contribution in [0.5, 0.6) is 0 Å². The topological polar surface area (TPSA) is 61.4 Å². The monoisotopic (exact) mass is 322 g/mol. The van der Waals surface area contributed by atoms with Gasteiger partial charge in [-0.05, 0) is 42.5 Å². The zero-order valence-corrected chi connectivity index (χ0v) is 12.5. The molecule has 6 heteroatoms. The van der Waals surface area contributed by atoms with Crippen LogP contribution in [0.1, 0.15) is 10.4 Å². The molecule has 116 valence electrons. The van der Waals surface area contributed by atoms with Crippen molar-refractivity contribution in [2.24, 2.45) is 0 Å². The van der Waals surface area contributed by atoms with Crippen molar-refractivity contribution in [1.82, 2.24) is 0 Å². The van der Waals surface area contributed by atoms with Crippen molar-refractivity contribution >= 4 is 28.9 Å². The summed E-state index contributed by atoms with van der Waals surface area (Å²) in [5, 5.41) is 15.1. The third-order valence-electron chi connectivity index (χ3n) is 2.95. The minimum absolute atomic E-state index is 0.137. The summed E-state index contributed by atoms with van der Waals surface area (Å²) >= 11 is 5.52. The first-order valence-corrected chi connectivity index (χ1v) is 7.27. The third-order valence-corrected chi connectivity index (χ3v) is 3.30. The minimum atomic E-state index is -0.654. The van der Waals surface area contributed by atoms with Crippen LogP contribution < -0.4 is 10.6 Å². The fourth-order valence-electron chi connectivity index (χ4n) is 1.80. The normalized spacial score (nSPS) is 11.8. The zero-order chi connectivity index (χ0) is 15.9. The number of hydrogen-bond acceptors (Lipinski definition) is 3. The molecule has 0 aliphatic heterocycles. The van der Waals surface area contributed by atoms with E-state index in [1.807, 2.05) is 0 Å². The van der Waals surface area contributed by atoms with Crippen molar-refractivity contribution in [1.29, 1.82) is 0 Å². The Labute approximate surface area is 132 Å². The predicted octanol–water partition coefficient (Wildman–Crippen LogP) is 3.09. The van der Waals surface area contributed by atoms with E-state index in [2.05, 4.69) is 10.6 Å². The Morgan fingerprint density at radius 3 is 2.59 bits per heavy atom. The van der Waals surface area contributed by atoms with Gasteiger partial charge in [0.25, 0.3) is 5.91 Å². The second-order valence-electron chi connectivity index (χ2n) is 4.73. The van der Waals surface area contributed by atoms with Gasteiger partial charge in [0.2, 0.25) is 0 Å². The fourth-order valence-corrected chi connectivity index (χ4v) is 1.91. The van der Waals surface area contributed by atoms with E-state index < -0.39 is 6.10 Å². The number of hydrogen-bond donors (Lipinski definition) is 3. The van der Waals surface area contributed by atoms with Crippen LogP contribution in [0.25, 0.3) is 0 Å². The molecule has 3 N–H and O–H groups in total. The van der Waals surface area contributed by atoms with E-state index in [0.717, 1.165) is 0 Å². The van der Waals surface area contributed by atoms with E-state index in [0.29, 0.717) is 23.5 Å². The number of aliphatic hydroxyl groups excluding tert-OH is 1. The van der Waals surface area contributed by atoms with Gasteiger partial charge in [0, 0.05) is 23.5 Å². The molecule has 1 unspecified atom stereocenters. The number of carbonyl (C=O) groups excluding carboxylic acids is 1. The van der Waals surface area contributed by atoms with E-state index in [9.17, 15) is 14.3 Å². The highest BCUT2D eigenvalue weighted by molar-refractivity contribution is 6.18. The van der Waals surface area contributed by atoms with Gasteiger partial charge in [0.1, 0.15) is 5.82 Å². The van der Waals surface area contributed by atoms with Gasteiger partial charge in [-0.15, -0.1) is 11.6 Å². The van der Waals surface area contributed by atoms with Crippen molar-refractivity contribution < 1.29 is 14.3 Å². The van der Waals surface area contributed by atoms with E-state index in [4.69, 9.17) is 11.6 Å². The molecule has 0 bridgehead atoms. The average Bonchev–Trinajstić information content (AvgIpc) is 2.55. The van der Waals surface area contributed by atoms with Crippen LogP contribution in [0.4, 0.5) is 15.8 Å². The summed E-state index contributed by atoms with van der Waals surface area (Å²) in [6, 6.07) is 12.4. The van der Waals surface area contributed by atoms with Gasteiger partial charge in [-0.2, -0.15) is 0 Å². The lowest BCUT2D eigenvalue weighted by Crippen LogP contribution is -2.21. The molecule has 2 aromatic rings. The number of halogens is 2. The largest absolute Gasteiger partial charge is 0.390 e. The Morgan fingerprint density at radius 2 is 1.91 bits per heavy atom. The quantitative estimate of drug-likeness (QED) is 0.716. The van der Waals surface area contributed by atoms with Crippen LogP contribution in [-0.2, 0) is 0 Å². The molecule has 0 aromatic heterocycles. The van der Waals surface area contributed by atoms with Crippen LogP contribution in [0.15, 0.2) is 48.5 Å².